The number of anilines is 1. The second kappa shape index (κ2) is 7.83. The summed E-state index contributed by atoms with van der Waals surface area (Å²) in [5.41, 5.74) is 4.26. The number of carboxylic acids is 1. The third-order valence-corrected chi connectivity index (χ3v) is 4.99. The molecule has 30 heavy (non-hydrogen) atoms. The zero-order valence-electron chi connectivity index (χ0n) is 16.7. The predicted molar refractivity (Wildman–Crippen MR) is 117 cm³/mol. The van der Waals surface area contributed by atoms with E-state index in [4.69, 9.17) is 4.98 Å². The summed E-state index contributed by atoms with van der Waals surface area (Å²) in [6, 6.07) is 19.5. The first-order valence-corrected chi connectivity index (χ1v) is 9.62. The van der Waals surface area contributed by atoms with Gasteiger partial charge in [0, 0.05) is 29.1 Å². The number of hydrogen-bond donors (Lipinski definition) is 2. The Morgan fingerprint density at radius 1 is 1.07 bits per heavy atom. The molecule has 0 aliphatic rings. The van der Waals surface area contributed by atoms with E-state index in [0.29, 0.717) is 17.0 Å². The number of rotatable bonds is 5. The van der Waals surface area contributed by atoms with E-state index in [9.17, 15) is 14.7 Å². The van der Waals surface area contributed by atoms with Gasteiger partial charge in [0.25, 0.3) is 5.56 Å². The molecule has 4 rings (SSSR count). The van der Waals surface area contributed by atoms with Crippen LogP contribution in [0, 0.1) is 6.92 Å². The van der Waals surface area contributed by atoms with Crippen LogP contribution in [0.25, 0.3) is 16.9 Å². The lowest BCUT2D eigenvalue weighted by atomic mass is 10.1. The first-order chi connectivity index (χ1) is 14.4. The smallest absolute Gasteiger partial charge is 0.337 e. The molecule has 6 heteroatoms. The molecule has 0 amide bonds. The summed E-state index contributed by atoms with van der Waals surface area (Å²) in [6.07, 6.45) is 1.76. The minimum atomic E-state index is -1.000. The van der Waals surface area contributed by atoms with Gasteiger partial charge in [-0.3, -0.25) is 9.20 Å². The highest BCUT2D eigenvalue weighted by atomic mass is 16.4. The average molecular weight is 399 g/mol. The van der Waals surface area contributed by atoms with Crippen LogP contribution >= 0.6 is 0 Å². The van der Waals surface area contributed by atoms with Crippen LogP contribution < -0.4 is 10.9 Å². The number of fused-ring (bicyclic) bond motifs is 1. The van der Waals surface area contributed by atoms with Crippen LogP contribution in [0.4, 0.5) is 5.69 Å². The molecule has 0 saturated carbocycles. The first kappa shape index (κ1) is 19.4. The van der Waals surface area contributed by atoms with Crippen LogP contribution in [-0.4, -0.2) is 20.5 Å². The molecule has 0 unspecified atom stereocenters. The molecule has 6 nitrogen and oxygen atoms in total. The molecule has 2 aromatic heterocycles. The van der Waals surface area contributed by atoms with Gasteiger partial charge in [0.15, 0.2) is 0 Å². The van der Waals surface area contributed by atoms with Gasteiger partial charge in [-0.2, -0.15) is 0 Å². The van der Waals surface area contributed by atoms with E-state index in [-0.39, 0.29) is 17.2 Å². The molecule has 0 spiro atoms. The van der Waals surface area contributed by atoms with Crippen molar-refractivity contribution < 1.29 is 9.90 Å². The van der Waals surface area contributed by atoms with Gasteiger partial charge in [-0.1, -0.05) is 42.5 Å². The van der Waals surface area contributed by atoms with Gasteiger partial charge in [0.1, 0.15) is 5.65 Å². The third-order valence-electron chi connectivity index (χ3n) is 4.99. The Morgan fingerprint density at radius 2 is 1.77 bits per heavy atom. The molecule has 0 fully saturated rings. The number of nitrogens with one attached hydrogen (secondary N) is 1. The molecule has 2 aromatic carbocycles. The van der Waals surface area contributed by atoms with E-state index < -0.39 is 5.97 Å². The topological polar surface area (TPSA) is 83.7 Å². The van der Waals surface area contributed by atoms with Crippen LogP contribution in [0.15, 0.2) is 77.7 Å². The molecule has 0 aliphatic heterocycles. The number of pyridine rings is 1. The fraction of sp³-hybridized carbons (Fsp3) is 0.125. The minimum absolute atomic E-state index is 0.165. The summed E-state index contributed by atoms with van der Waals surface area (Å²) in [6.45, 7) is 3.84. The normalized spacial score (nSPS) is 11.9. The average Bonchev–Trinajstić information content (AvgIpc) is 2.74. The van der Waals surface area contributed by atoms with Crippen molar-refractivity contribution in [3.05, 3.63) is 100.0 Å². The van der Waals surface area contributed by atoms with Crippen LogP contribution in [0.3, 0.4) is 0 Å². The lowest BCUT2D eigenvalue weighted by molar-refractivity contribution is 0.0698. The zero-order chi connectivity index (χ0) is 21.3. The van der Waals surface area contributed by atoms with Crippen molar-refractivity contribution >= 4 is 17.3 Å². The number of carboxylic acid groups (broad SMARTS) is 1. The molecule has 150 valence electrons. The second-order valence-corrected chi connectivity index (χ2v) is 7.23. The van der Waals surface area contributed by atoms with Gasteiger partial charge in [-0.25, -0.2) is 9.78 Å². The Hall–Kier alpha value is -3.93. The summed E-state index contributed by atoms with van der Waals surface area (Å²) in [7, 11) is 0. The van der Waals surface area contributed by atoms with Crippen LogP contribution in [0.2, 0.25) is 0 Å². The van der Waals surface area contributed by atoms with Crippen molar-refractivity contribution in [2.45, 2.75) is 19.9 Å². The van der Waals surface area contributed by atoms with Crippen molar-refractivity contribution in [1.29, 1.82) is 0 Å². The highest BCUT2D eigenvalue weighted by Crippen LogP contribution is 2.26. The highest BCUT2D eigenvalue weighted by Gasteiger charge is 2.17. The summed E-state index contributed by atoms with van der Waals surface area (Å²) in [5, 5.41) is 12.7. The van der Waals surface area contributed by atoms with E-state index in [1.807, 2.05) is 50.2 Å². The fourth-order valence-corrected chi connectivity index (χ4v) is 3.55. The third kappa shape index (κ3) is 3.67. The maximum Gasteiger partial charge on any atom is 0.337 e. The molecule has 2 heterocycles. The summed E-state index contributed by atoms with van der Waals surface area (Å²) in [5.74, 6) is -1.000. The lowest BCUT2D eigenvalue weighted by Crippen LogP contribution is -2.19. The molecular formula is C24H21N3O3. The number of aryl methyl sites for hydroxylation is 1. The van der Waals surface area contributed by atoms with E-state index in [1.165, 1.54) is 6.07 Å². The van der Waals surface area contributed by atoms with E-state index in [2.05, 4.69) is 5.32 Å². The maximum absolute atomic E-state index is 12.8. The van der Waals surface area contributed by atoms with Crippen molar-refractivity contribution in [3.63, 3.8) is 0 Å². The number of carbonyl (C=O) groups is 1. The molecule has 2 N–H and O–H groups in total. The predicted octanol–water partition coefficient (Wildman–Crippen LogP) is 4.54. The number of nitrogens with zero attached hydrogens (tertiary/aromatic N) is 2. The van der Waals surface area contributed by atoms with Gasteiger partial charge in [0.05, 0.1) is 17.3 Å². The Labute approximate surface area is 173 Å². The number of aromatic nitrogens is 2. The van der Waals surface area contributed by atoms with Crippen molar-refractivity contribution in [1.82, 2.24) is 9.38 Å². The Bertz CT molecular complexity index is 1300. The number of hydrogen-bond acceptors (Lipinski definition) is 4. The lowest BCUT2D eigenvalue weighted by Gasteiger charge is -2.20. The largest absolute Gasteiger partial charge is 0.478 e. The number of para-hydroxylation sites is 1. The Kier molecular flexibility index (Phi) is 5.06. The molecular weight excluding hydrogens is 378 g/mol. The molecule has 0 bridgehead atoms. The first-order valence-electron chi connectivity index (χ1n) is 9.62. The van der Waals surface area contributed by atoms with E-state index in [1.54, 1.807) is 34.9 Å². The van der Waals surface area contributed by atoms with Crippen molar-refractivity contribution in [2.75, 3.05) is 5.32 Å². The highest BCUT2D eigenvalue weighted by molar-refractivity contribution is 5.94. The zero-order valence-corrected chi connectivity index (χ0v) is 16.7. The summed E-state index contributed by atoms with van der Waals surface area (Å²) in [4.78, 5) is 29.2. The Balaban J connectivity index is 1.85. The van der Waals surface area contributed by atoms with Crippen LogP contribution in [0.5, 0.6) is 0 Å². The molecule has 0 radical (unpaired) electrons. The maximum atomic E-state index is 12.8. The molecule has 4 aromatic rings. The van der Waals surface area contributed by atoms with E-state index >= 15 is 0 Å². The van der Waals surface area contributed by atoms with Crippen molar-refractivity contribution in [3.8, 4) is 11.3 Å². The summed E-state index contributed by atoms with van der Waals surface area (Å²) < 4.78 is 1.54. The van der Waals surface area contributed by atoms with Gasteiger partial charge in [-0.15, -0.1) is 0 Å². The molecule has 0 saturated heterocycles. The van der Waals surface area contributed by atoms with Gasteiger partial charge < -0.3 is 10.4 Å². The summed E-state index contributed by atoms with van der Waals surface area (Å²) >= 11 is 0. The van der Waals surface area contributed by atoms with Gasteiger partial charge >= 0.3 is 5.97 Å². The van der Waals surface area contributed by atoms with Gasteiger partial charge in [-0.05, 0) is 37.6 Å². The number of benzene rings is 2. The standard InChI is InChI=1S/C24H21N3O3/c1-15-12-19(16(2)25-20-11-7-6-10-18(20)24(29)30)23-26-21(13-22(28)27(23)14-15)17-8-4-3-5-9-17/h3-14,16,25H,1-2H3,(H,29,30)/t16-/m1/s1. The fourth-order valence-electron chi connectivity index (χ4n) is 3.55. The van der Waals surface area contributed by atoms with Crippen LogP contribution in [-0.2, 0) is 0 Å². The van der Waals surface area contributed by atoms with Gasteiger partial charge in [0.2, 0.25) is 0 Å². The molecule has 1 atom stereocenters. The SMILES string of the molecule is Cc1cc([C@@H](C)Nc2ccccc2C(=O)O)c2nc(-c3ccccc3)cc(=O)n2c1. The molecule has 0 aliphatic carbocycles. The van der Waals surface area contributed by atoms with Crippen LogP contribution in [0.1, 0.15) is 34.5 Å². The Morgan fingerprint density at radius 3 is 2.50 bits per heavy atom. The van der Waals surface area contributed by atoms with Crippen molar-refractivity contribution in [2.24, 2.45) is 0 Å². The minimum Gasteiger partial charge on any atom is -0.478 e. The quantitative estimate of drug-likeness (QED) is 0.515. The van der Waals surface area contributed by atoms with E-state index in [0.717, 1.165) is 16.7 Å². The second-order valence-electron chi connectivity index (χ2n) is 7.23. The monoisotopic (exact) mass is 399 g/mol. The number of aromatic carboxylic acids is 1.